The van der Waals surface area contributed by atoms with E-state index in [1.165, 1.54) is 32.5 Å². The minimum atomic E-state index is -0.00480. The van der Waals surface area contributed by atoms with E-state index < -0.39 is 0 Å². The van der Waals surface area contributed by atoms with Gasteiger partial charge in [0.05, 0.1) is 6.54 Å². The lowest BCUT2D eigenvalue weighted by molar-refractivity contribution is 0.116. The molecule has 1 aromatic rings. The van der Waals surface area contributed by atoms with Crippen LogP contribution in [-0.4, -0.2) is 47.6 Å². The molecule has 100 valence electrons. The Balaban J connectivity index is 1.44. The van der Waals surface area contributed by atoms with E-state index in [1.807, 2.05) is 12.1 Å². The minimum absolute atomic E-state index is 0.00480. The standard InChI is InChI=1S/C14H22N2O2/c17-11-14-4-3-13(18-14)10-16-7-5-15(6-8-16)9-12-1-2-12/h3-4,12,17H,1-2,5-11H2. The van der Waals surface area contributed by atoms with Crippen LogP contribution in [0.3, 0.4) is 0 Å². The molecule has 0 spiro atoms. The fourth-order valence-electron chi connectivity index (χ4n) is 2.61. The largest absolute Gasteiger partial charge is 0.462 e. The Morgan fingerprint density at radius 2 is 1.72 bits per heavy atom. The summed E-state index contributed by atoms with van der Waals surface area (Å²) in [6.45, 7) is 6.80. The van der Waals surface area contributed by atoms with E-state index >= 15 is 0 Å². The van der Waals surface area contributed by atoms with Gasteiger partial charge in [0, 0.05) is 32.7 Å². The maximum absolute atomic E-state index is 8.97. The van der Waals surface area contributed by atoms with Crippen molar-refractivity contribution in [2.24, 2.45) is 5.92 Å². The molecule has 18 heavy (non-hydrogen) atoms. The van der Waals surface area contributed by atoms with Crippen LogP contribution in [-0.2, 0) is 13.2 Å². The summed E-state index contributed by atoms with van der Waals surface area (Å²) in [6.07, 6.45) is 2.88. The highest BCUT2D eigenvalue weighted by Gasteiger charge is 2.26. The van der Waals surface area contributed by atoms with Crippen LogP contribution in [0.5, 0.6) is 0 Å². The predicted molar refractivity (Wildman–Crippen MR) is 69.1 cm³/mol. The summed E-state index contributed by atoms with van der Waals surface area (Å²) in [6, 6.07) is 3.83. The Morgan fingerprint density at radius 3 is 2.33 bits per heavy atom. The molecular formula is C14H22N2O2. The molecule has 1 saturated heterocycles. The molecule has 1 saturated carbocycles. The van der Waals surface area contributed by atoms with Gasteiger partial charge in [-0.05, 0) is 30.9 Å². The van der Waals surface area contributed by atoms with Crippen molar-refractivity contribution in [3.8, 4) is 0 Å². The van der Waals surface area contributed by atoms with E-state index in [0.29, 0.717) is 5.76 Å². The van der Waals surface area contributed by atoms with Gasteiger partial charge in [0.25, 0.3) is 0 Å². The van der Waals surface area contributed by atoms with Gasteiger partial charge in [0.1, 0.15) is 18.1 Å². The van der Waals surface area contributed by atoms with Crippen LogP contribution in [0.2, 0.25) is 0 Å². The van der Waals surface area contributed by atoms with Crippen LogP contribution in [0.4, 0.5) is 0 Å². The summed E-state index contributed by atoms with van der Waals surface area (Å²) in [5, 5.41) is 8.97. The Hall–Kier alpha value is -0.840. The van der Waals surface area contributed by atoms with Gasteiger partial charge in [-0.15, -0.1) is 0 Å². The number of aliphatic hydroxyl groups is 1. The highest BCUT2D eigenvalue weighted by molar-refractivity contribution is 5.06. The monoisotopic (exact) mass is 250 g/mol. The quantitative estimate of drug-likeness (QED) is 0.855. The summed E-state index contributed by atoms with van der Waals surface area (Å²) in [7, 11) is 0. The predicted octanol–water partition coefficient (Wildman–Crippen LogP) is 1.30. The second-order valence-corrected chi connectivity index (χ2v) is 5.55. The molecule has 0 atom stereocenters. The smallest absolute Gasteiger partial charge is 0.129 e. The first-order valence-electron chi connectivity index (χ1n) is 6.96. The van der Waals surface area contributed by atoms with Crippen LogP contribution in [0.1, 0.15) is 24.4 Å². The molecule has 1 aliphatic carbocycles. The normalized spacial score (nSPS) is 22.5. The van der Waals surface area contributed by atoms with Gasteiger partial charge in [-0.1, -0.05) is 0 Å². The number of aliphatic hydroxyl groups excluding tert-OH is 1. The Morgan fingerprint density at radius 1 is 1.06 bits per heavy atom. The lowest BCUT2D eigenvalue weighted by Crippen LogP contribution is -2.46. The molecule has 2 fully saturated rings. The molecule has 4 nitrogen and oxygen atoms in total. The van der Waals surface area contributed by atoms with Gasteiger partial charge >= 0.3 is 0 Å². The summed E-state index contributed by atoms with van der Waals surface area (Å²) in [4.78, 5) is 5.03. The fraction of sp³-hybridized carbons (Fsp3) is 0.714. The Kier molecular flexibility index (Phi) is 3.68. The molecule has 3 rings (SSSR count). The van der Waals surface area contributed by atoms with Gasteiger partial charge in [-0.25, -0.2) is 0 Å². The van der Waals surface area contributed by atoms with Gasteiger partial charge in [-0.2, -0.15) is 0 Å². The summed E-state index contributed by atoms with van der Waals surface area (Å²) >= 11 is 0. The van der Waals surface area contributed by atoms with Gasteiger partial charge < -0.3 is 14.4 Å². The molecule has 2 aliphatic rings. The minimum Gasteiger partial charge on any atom is -0.462 e. The second kappa shape index (κ2) is 5.43. The molecule has 0 aromatic carbocycles. The average Bonchev–Trinajstić information content (AvgIpc) is 3.09. The highest BCUT2D eigenvalue weighted by atomic mass is 16.4. The van der Waals surface area contributed by atoms with Crippen molar-refractivity contribution in [3.05, 3.63) is 23.7 Å². The molecule has 0 unspecified atom stereocenters. The summed E-state index contributed by atoms with van der Waals surface area (Å²) in [5.74, 6) is 2.63. The first-order valence-corrected chi connectivity index (χ1v) is 6.96. The van der Waals surface area contributed by atoms with Crippen molar-refractivity contribution in [2.45, 2.75) is 26.0 Å². The van der Waals surface area contributed by atoms with E-state index in [1.54, 1.807) is 0 Å². The van der Waals surface area contributed by atoms with E-state index in [2.05, 4.69) is 9.80 Å². The third kappa shape index (κ3) is 3.13. The SMILES string of the molecule is OCc1ccc(CN2CCN(CC3CC3)CC2)o1. The van der Waals surface area contributed by atoms with Crippen molar-refractivity contribution in [1.82, 2.24) is 9.80 Å². The maximum Gasteiger partial charge on any atom is 0.129 e. The third-order valence-electron chi connectivity index (χ3n) is 3.93. The van der Waals surface area contributed by atoms with E-state index in [0.717, 1.165) is 31.3 Å². The zero-order valence-corrected chi connectivity index (χ0v) is 10.8. The topological polar surface area (TPSA) is 39.9 Å². The molecule has 1 aromatic heterocycles. The lowest BCUT2D eigenvalue weighted by Gasteiger charge is -2.34. The number of nitrogens with zero attached hydrogens (tertiary/aromatic N) is 2. The zero-order chi connectivity index (χ0) is 12.4. The van der Waals surface area contributed by atoms with Crippen LogP contribution in [0.15, 0.2) is 16.5 Å². The molecule has 1 N–H and O–H groups in total. The number of rotatable bonds is 5. The van der Waals surface area contributed by atoms with E-state index in [9.17, 15) is 0 Å². The van der Waals surface area contributed by atoms with Crippen LogP contribution in [0, 0.1) is 5.92 Å². The second-order valence-electron chi connectivity index (χ2n) is 5.55. The lowest BCUT2D eigenvalue weighted by atomic mass is 10.2. The van der Waals surface area contributed by atoms with E-state index in [-0.39, 0.29) is 6.61 Å². The number of hydrogen-bond donors (Lipinski definition) is 1. The van der Waals surface area contributed by atoms with Crippen molar-refractivity contribution >= 4 is 0 Å². The summed E-state index contributed by atoms with van der Waals surface area (Å²) in [5.41, 5.74) is 0. The first-order chi connectivity index (χ1) is 8.83. The number of piperazine rings is 1. The number of furan rings is 1. The van der Waals surface area contributed by atoms with Gasteiger partial charge in [0.2, 0.25) is 0 Å². The fourth-order valence-corrected chi connectivity index (χ4v) is 2.61. The Labute approximate surface area is 108 Å². The molecule has 4 heteroatoms. The molecule has 0 radical (unpaired) electrons. The van der Waals surface area contributed by atoms with Gasteiger partial charge in [0.15, 0.2) is 0 Å². The Bertz CT molecular complexity index is 379. The first kappa shape index (κ1) is 12.2. The highest BCUT2D eigenvalue weighted by Crippen LogP contribution is 2.30. The van der Waals surface area contributed by atoms with Crippen molar-refractivity contribution in [1.29, 1.82) is 0 Å². The molecular weight excluding hydrogens is 228 g/mol. The number of hydrogen-bond acceptors (Lipinski definition) is 4. The average molecular weight is 250 g/mol. The third-order valence-corrected chi connectivity index (χ3v) is 3.93. The zero-order valence-electron chi connectivity index (χ0n) is 10.8. The van der Waals surface area contributed by atoms with Crippen LogP contribution in [0.25, 0.3) is 0 Å². The molecule has 0 bridgehead atoms. The van der Waals surface area contributed by atoms with Crippen LogP contribution < -0.4 is 0 Å². The molecule has 2 heterocycles. The van der Waals surface area contributed by atoms with Crippen molar-refractivity contribution < 1.29 is 9.52 Å². The van der Waals surface area contributed by atoms with Crippen LogP contribution >= 0.6 is 0 Å². The molecule has 0 amide bonds. The maximum atomic E-state index is 8.97. The summed E-state index contributed by atoms with van der Waals surface area (Å²) < 4.78 is 5.53. The molecule has 1 aliphatic heterocycles. The van der Waals surface area contributed by atoms with Gasteiger partial charge in [-0.3, -0.25) is 4.90 Å². The van der Waals surface area contributed by atoms with Crippen molar-refractivity contribution in [2.75, 3.05) is 32.7 Å². The van der Waals surface area contributed by atoms with Crippen molar-refractivity contribution in [3.63, 3.8) is 0 Å². The van der Waals surface area contributed by atoms with E-state index in [4.69, 9.17) is 9.52 Å².